The topological polar surface area (TPSA) is 75.9 Å². The first kappa shape index (κ1) is 17.5. The zero-order valence-corrected chi connectivity index (χ0v) is 15.4. The smallest absolute Gasteiger partial charge is 0.415 e. The van der Waals surface area contributed by atoms with Gasteiger partial charge in [0.05, 0.1) is 17.3 Å². The lowest BCUT2D eigenvalue weighted by Gasteiger charge is -2.25. The number of pyridine rings is 1. The van der Waals surface area contributed by atoms with Gasteiger partial charge in [-0.15, -0.1) is 0 Å². The molecule has 1 fully saturated rings. The van der Waals surface area contributed by atoms with Gasteiger partial charge in [0.2, 0.25) is 0 Å². The number of hydrogen-bond donors (Lipinski definition) is 1. The lowest BCUT2D eigenvalue weighted by atomic mass is 10.2. The van der Waals surface area contributed by atoms with Gasteiger partial charge in [-0.25, -0.2) is 9.31 Å². The monoisotopic (exact) mass is 364 g/mol. The molecule has 2 amide bonds. The van der Waals surface area contributed by atoms with Crippen molar-refractivity contribution >= 4 is 34.9 Å². The van der Waals surface area contributed by atoms with Crippen LogP contribution in [-0.2, 0) is 4.74 Å². The van der Waals surface area contributed by atoms with Crippen molar-refractivity contribution in [1.29, 1.82) is 0 Å². The lowest BCUT2D eigenvalue weighted by Crippen LogP contribution is -2.35. The fraction of sp³-hybridized carbons (Fsp3) is 0.471. The summed E-state index contributed by atoms with van der Waals surface area (Å²) in [6.45, 7) is 5.38. The number of ether oxygens (including phenoxy) is 1. The Morgan fingerprint density at radius 3 is 2.64 bits per heavy atom. The van der Waals surface area contributed by atoms with Gasteiger partial charge in [0.25, 0.3) is 5.91 Å². The Kier molecular flexibility index (Phi) is 4.36. The SMILES string of the molecule is CN(C(=O)OC(C)(C)C)c1cc(Cl)cc2c(C(=O)NC3CC3)cnn12. The number of nitrogens with one attached hydrogen (secondary N) is 1. The largest absolute Gasteiger partial charge is 0.443 e. The van der Waals surface area contributed by atoms with E-state index in [2.05, 4.69) is 10.4 Å². The fourth-order valence-corrected chi connectivity index (χ4v) is 2.57. The van der Waals surface area contributed by atoms with E-state index >= 15 is 0 Å². The third-order valence-corrected chi connectivity index (χ3v) is 3.95. The molecule has 8 heteroatoms. The van der Waals surface area contributed by atoms with E-state index in [1.807, 2.05) is 0 Å². The number of carbonyl (C=O) groups excluding carboxylic acids is 2. The molecule has 1 N–H and O–H groups in total. The number of nitrogens with zero attached hydrogens (tertiary/aromatic N) is 3. The molecular weight excluding hydrogens is 344 g/mol. The van der Waals surface area contributed by atoms with Gasteiger partial charge in [0.15, 0.2) is 0 Å². The van der Waals surface area contributed by atoms with Crippen LogP contribution in [0.25, 0.3) is 5.52 Å². The number of fused-ring (bicyclic) bond motifs is 1. The molecule has 134 valence electrons. The molecule has 0 unspecified atom stereocenters. The molecule has 1 aliphatic carbocycles. The molecule has 0 spiro atoms. The van der Waals surface area contributed by atoms with Crippen LogP contribution in [0, 0.1) is 0 Å². The molecule has 25 heavy (non-hydrogen) atoms. The number of rotatable bonds is 3. The zero-order valence-electron chi connectivity index (χ0n) is 14.7. The minimum atomic E-state index is -0.623. The summed E-state index contributed by atoms with van der Waals surface area (Å²) < 4.78 is 6.89. The van der Waals surface area contributed by atoms with Crippen LogP contribution in [0.1, 0.15) is 44.0 Å². The summed E-state index contributed by atoms with van der Waals surface area (Å²) in [6.07, 6.45) is 2.95. The van der Waals surface area contributed by atoms with Crippen LogP contribution in [-0.4, -0.2) is 40.3 Å². The van der Waals surface area contributed by atoms with Crippen molar-refractivity contribution in [3.05, 3.63) is 28.9 Å². The summed E-state index contributed by atoms with van der Waals surface area (Å²) in [4.78, 5) is 26.0. The highest BCUT2D eigenvalue weighted by Gasteiger charge is 2.27. The van der Waals surface area contributed by atoms with Crippen molar-refractivity contribution in [1.82, 2.24) is 14.9 Å². The molecule has 0 radical (unpaired) electrons. The average molecular weight is 365 g/mol. The number of hydrogen-bond acceptors (Lipinski definition) is 4. The van der Waals surface area contributed by atoms with Gasteiger partial charge in [-0.2, -0.15) is 5.10 Å². The van der Waals surface area contributed by atoms with E-state index < -0.39 is 11.7 Å². The molecule has 3 rings (SSSR count). The Morgan fingerprint density at radius 1 is 1.36 bits per heavy atom. The first-order valence-electron chi connectivity index (χ1n) is 8.10. The quantitative estimate of drug-likeness (QED) is 0.907. The molecule has 2 aromatic heterocycles. The minimum Gasteiger partial charge on any atom is -0.443 e. The van der Waals surface area contributed by atoms with Gasteiger partial charge in [-0.05, 0) is 45.7 Å². The second-order valence-electron chi connectivity index (χ2n) is 7.17. The highest BCUT2D eigenvalue weighted by atomic mass is 35.5. The number of anilines is 1. The second kappa shape index (κ2) is 6.22. The Balaban J connectivity index is 1.97. The molecule has 0 saturated heterocycles. The predicted octanol–water partition coefficient (Wildman–Crippen LogP) is 3.25. The highest BCUT2D eigenvalue weighted by Crippen LogP contribution is 2.26. The van der Waals surface area contributed by atoms with Gasteiger partial charge >= 0.3 is 6.09 Å². The maximum Gasteiger partial charge on any atom is 0.415 e. The van der Waals surface area contributed by atoms with Crippen molar-refractivity contribution in [3.8, 4) is 0 Å². The molecule has 0 atom stereocenters. The van der Waals surface area contributed by atoms with Crippen molar-refractivity contribution < 1.29 is 14.3 Å². The Morgan fingerprint density at radius 2 is 2.04 bits per heavy atom. The molecule has 2 aromatic rings. The molecule has 7 nitrogen and oxygen atoms in total. The molecule has 0 aromatic carbocycles. The second-order valence-corrected chi connectivity index (χ2v) is 7.61. The van der Waals surface area contributed by atoms with E-state index in [0.29, 0.717) is 21.9 Å². The van der Waals surface area contributed by atoms with E-state index in [1.165, 1.54) is 15.6 Å². The van der Waals surface area contributed by atoms with Crippen LogP contribution in [0.3, 0.4) is 0 Å². The number of amides is 2. The number of carbonyl (C=O) groups is 2. The number of halogens is 1. The highest BCUT2D eigenvalue weighted by molar-refractivity contribution is 6.31. The molecule has 2 heterocycles. The maximum absolute atomic E-state index is 12.4. The lowest BCUT2D eigenvalue weighted by molar-refractivity contribution is 0.0587. The van der Waals surface area contributed by atoms with Gasteiger partial charge in [-0.1, -0.05) is 11.6 Å². The Bertz CT molecular complexity index is 836. The summed E-state index contributed by atoms with van der Waals surface area (Å²) in [7, 11) is 1.57. The van der Waals surface area contributed by atoms with E-state index in [0.717, 1.165) is 12.8 Å². The van der Waals surface area contributed by atoms with Gasteiger partial charge in [0.1, 0.15) is 11.4 Å². The number of aromatic nitrogens is 2. The van der Waals surface area contributed by atoms with Gasteiger partial charge in [0, 0.05) is 18.1 Å². The molecule has 1 saturated carbocycles. The maximum atomic E-state index is 12.4. The van der Waals surface area contributed by atoms with Gasteiger partial charge < -0.3 is 10.1 Å². The first-order valence-corrected chi connectivity index (χ1v) is 8.48. The summed E-state index contributed by atoms with van der Waals surface area (Å²) in [5, 5.41) is 7.59. The van der Waals surface area contributed by atoms with Gasteiger partial charge in [-0.3, -0.25) is 9.69 Å². The Hall–Kier alpha value is -2.28. The predicted molar refractivity (Wildman–Crippen MR) is 95.3 cm³/mol. The minimum absolute atomic E-state index is 0.189. The third kappa shape index (κ3) is 3.87. The van der Waals surface area contributed by atoms with Crippen LogP contribution in [0.15, 0.2) is 18.3 Å². The van der Waals surface area contributed by atoms with E-state index in [-0.39, 0.29) is 11.9 Å². The van der Waals surface area contributed by atoms with Crippen LogP contribution in [0.4, 0.5) is 10.6 Å². The standard InChI is InChI=1S/C17H21ClN4O3/c1-17(2,3)25-16(24)21(4)14-8-10(18)7-13-12(9-19-22(13)14)15(23)20-11-5-6-11/h7-9,11H,5-6H2,1-4H3,(H,20,23). The van der Waals surface area contributed by atoms with E-state index in [4.69, 9.17) is 16.3 Å². The molecule has 0 bridgehead atoms. The van der Waals surface area contributed by atoms with Crippen LogP contribution in [0.2, 0.25) is 5.02 Å². The average Bonchev–Trinajstić information content (AvgIpc) is 3.20. The summed E-state index contributed by atoms with van der Waals surface area (Å²) in [6, 6.07) is 3.50. The Labute approximate surface area is 150 Å². The fourth-order valence-electron chi connectivity index (χ4n) is 2.36. The normalized spacial score (nSPS) is 14.4. The van der Waals surface area contributed by atoms with Crippen molar-refractivity contribution in [2.75, 3.05) is 11.9 Å². The van der Waals surface area contributed by atoms with Crippen LogP contribution < -0.4 is 10.2 Å². The summed E-state index contributed by atoms with van der Waals surface area (Å²) >= 11 is 6.21. The summed E-state index contributed by atoms with van der Waals surface area (Å²) in [5.41, 5.74) is 0.340. The molecular formula is C17H21ClN4O3. The third-order valence-electron chi connectivity index (χ3n) is 3.73. The van der Waals surface area contributed by atoms with Crippen molar-refractivity contribution in [2.24, 2.45) is 0 Å². The van der Waals surface area contributed by atoms with E-state index in [1.54, 1.807) is 40.0 Å². The van der Waals surface area contributed by atoms with Crippen LogP contribution >= 0.6 is 11.6 Å². The first-order chi connectivity index (χ1) is 11.7. The summed E-state index contributed by atoms with van der Waals surface area (Å²) in [5.74, 6) is 0.229. The van der Waals surface area contributed by atoms with Crippen LogP contribution in [0.5, 0.6) is 0 Å². The van der Waals surface area contributed by atoms with Crippen molar-refractivity contribution in [2.45, 2.75) is 45.3 Å². The van der Waals surface area contributed by atoms with E-state index in [9.17, 15) is 9.59 Å². The zero-order chi connectivity index (χ0) is 18.4. The molecule has 1 aliphatic rings. The van der Waals surface area contributed by atoms with Crippen molar-refractivity contribution in [3.63, 3.8) is 0 Å². The molecule has 0 aliphatic heterocycles.